The number of benzene rings is 3. The highest BCUT2D eigenvalue weighted by Gasteiger charge is 2.55. The van der Waals surface area contributed by atoms with Gasteiger partial charge in [-0.1, -0.05) is 66.7 Å². The van der Waals surface area contributed by atoms with Gasteiger partial charge in [-0.2, -0.15) is 0 Å². The number of hydrogen-bond acceptors (Lipinski definition) is 3. The molecule has 7 nitrogen and oxygen atoms in total. The Bertz CT molecular complexity index is 1770. The van der Waals surface area contributed by atoms with Gasteiger partial charge in [0, 0.05) is 29.1 Å². The second-order valence-electron chi connectivity index (χ2n) is 13.7. The van der Waals surface area contributed by atoms with Gasteiger partial charge >= 0.3 is 0 Å². The number of nitrogens with zero attached hydrogens (tertiary/aromatic N) is 2. The summed E-state index contributed by atoms with van der Waals surface area (Å²) < 4.78 is 2.18. The molecule has 4 bridgehead atoms. The van der Waals surface area contributed by atoms with E-state index in [1.165, 1.54) is 19.3 Å². The van der Waals surface area contributed by atoms with Crippen molar-refractivity contribution in [2.45, 2.75) is 57.5 Å². The summed E-state index contributed by atoms with van der Waals surface area (Å²) in [5.41, 5.74) is 10.8. The summed E-state index contributed by atoms with van der Waals surface area (Å²) >= 11 is 0. The zero-order valence-electron chi connectivity index (χ0n) is 25.3. The molecule has 2 heterocycles. The van der Waals surface area contributed by atoms with Crippen molar-refractivity contribution in [3.63, 3.8) is 0 Å². The van der Waals surface area contributed by atoms with Gasteiger partial charge in [0.2, 0.25) is 5.91 Å². The van der Waals surface area contributed by atoms with Crippen molar-refractivity contribution >= 4 is 28.6 Å². The van der Waals surface area contributed by atoms with Crippen LogP contribution >= 0.6 is 0 Å². The quantitative estimate of drug-likeness (QED) is 0.276. The number of fused-ring (bicyclic) bond motifs is 2. The number of rotatable bonds is 5. The summed E-state index contributed by atoms with van der Waals surface area (Å²) in [6, 6.07) is 24.8. The van der Waals surface area contributed by atoms with Crippen LogP contribution < -0.4 is 10.9 Å². The van der Waals surface area contributed by atoms with Crippen LogP contribution in [0.4, 0.5) is 0 Å². The van der Waals surface area contributed by atoms with E-state index in [1.807, 2.05) is 54.6 Å². The maximum Gasteiger partial charge on any atom is 0.260 e. The molecular weight excluding hydrogens is 548 g/mol. The van der Waals surface area contributed by atoms with E-state index in [2.05, 4.69) is 46.7 Å². The zero-order valence-corrected chi connectivity index (χ0v) is 25.3. The molecule has 4 saturated carbocycles. The molecule has 3 aromatic carbocycles. The molecule has 2 unspecified atom stereocenters. The Labute approximate surface area is 257 Å². The molecule has 4 aromatic rings. The van der Waals surface area contributed by atoms with Crippen molar-refractivity contribution in [1.82, 2.24) is 20.3 Å². The number of aryl methyl sites for hydroxylation is 1. The number of amides is 3. The number of carbonyl (C=O) groups excluding carboxylic acids is 3. The van der Waals surface area contributed by atoms with E-state index < -0.39 is 18.0 Å². The summed E-state index contributed by atoms with van der Waals surface area (Å²) in [4.78, 5) is 43.3. The standard InChI is InChI=1S/C37H38N4O3/c1-22(34(42)38-39-36(44)37-19-23-16-24(20-37)18-25(17-23)21-37)41-33(27-12-6-7-13-28(27)35(41)43)31-29-14-8-9-15-30(29)40(2)32(31)26-10-4-3-5-11-26/h3-15,22-25,33H,16-21H2,1-2H3,(H,38,42)(H,39,44). The third kappa shape index (κ3) is 4.05. The van der Waals surface area contributed by atoms with Gasteiger partial charge in [0.1, 0.15) is 6.04 Å². The van der Waals surface area contributed by atoms with Crippen LogP contribution in [-0.2, 0) is 16.6 Å². The molecule has 0 spiro atoms. The highest BCUT2D eigenvalue weighted by molar-refractivity contribution is 6.04. The minimum absolute atomic E-state index is 0.0647. The summed E-state index contributed by atoms with van der Waals surface area (Å²) in [5, 5.41) is 1.04. The van der Waals surface area contributed by atoms with Crippen LogP contribution in [0.15, 0.2) is 78.9 Å². The van der Waals surface area contributed by atoms with Crippen molar-refractivity contribution in [3.8, 4) is 11.3 Å². The molecule has 44 heavy (non-hydrogen) atoms. The minimum atomic E-state index is -0.834. The molecule has 1 aliphatic heterocycles. The zero-order chi connectivity index (χ0) is 30.2. The monoisotopic (exact) mass is 586 g/mol. The Morgan fingerprint density at radius 3 is 2.14 bits per heavy atom. The first-order valence-corrected chi connectivity index (χ1v) is 16.0. The molecule has 7 heteroatoms. The molecular formula is C37H38N4O3. The van der Waals surface area contributed by atoms with Crippen LogP contribution in [0.5, 0.6) is 0 Å². The molecule has 0 saturated heterocycles. The summed E-state index contributed by atoms with van der Waals surface area (Å²) in [7, 11) is 2.05. The Kier molecular flexibility index (Phi) is 6.23. The molecule has 5 aliphatic rings. The second-order valence-corrected chi connectivity index (χ2v) is 13.7. The maximum absolute atomic E-state index is 14.1. The van der Waals surface area contributed by atoms with Crippen LogP contribution in [-0.4, -0.2) is 33.2 Å². The Balaban J connectivity index is 1.15. The average Bonchev–Trinajstić information content (AvgIpc) is 3.49. The predicted molar refractivity (Wildman–Crippen MR) is 169 cm³/mol. The Morgan fingerprint density at radius 1 is 0.818 bits per heavy atom. The molecule has 2 N–H and O–H groups in total. The second kappa shape index (κ2) is 10.1. The van der Waals surface area contributed by atoms with Crippen LogP contribution in [0.3, 0.4) is 0 Å². The van der Waals surface area contributed by atoms with Crippen LogP contribution in [0.25, 0.3) is 22.2 Å². The van der Waals surface area contributed by atoms with E-state index in [0.29, 0.717) is 23.3 Å². The number of carbonyl (C=O) groups is 3. The number of aromatic nitrogens is 1. The largest absolute Gasteiger partial charge is 0.343 e. The van der Waals surface area contributed by atoms with Gasteiger partial charge in [-0.3, -0.25) is 25.2 Å². The number of hydrazine groups is 1. The topological polar surface area (TPSA) is 83.4 Å². The molecule has 1 aromatic heterocycles. The van der Waals surface area contributed by atoms with E-state index in [0.717, 1.165) is 52.5 Å². The minimum Gasteiger partial charge on any atom is -0.343 e. The van der Waals surface area contributed by atoms with E-state index in [-0.39, 0.29) is 17.2 Å². The van der Waals surface area contributed by atoms with E-state index >= 15 is 0 Å². The van der Waals surface area contributed by atoms with Gasteiger partial charge in [-0.15, -0.1) is 0 Å². The fraction of sp³-hybridized carbons (Fsp3) is 0.378. The molecule has 0 radical (unpaired) electrons. The van der Waals surface area contributed by atoms with Gasteiger partial charge < -0.3 is 9.47 Å². The molecule has 3 amide bonds. The van der Waals surface area contributed by atoms with Crippen molar-refractivity contribution in [1.29, 1.82) is 0 Å². The lowest BCUT2D eigenvalue weighted by atomic mass is 9.49. The van der Waals surface area contributed by atoms with Crippen LogP contribution in [0, 0.1) is 23.2 Å². The van der Waals surface area contributed by atoms with E-state index in [4.69, 9.17) is 0 Å². The predicted octanol–water partition coefficient (Wildman–Crippen LogP) is 6.14. The van der Waals surface area contributed by atoms with Crippen LogP contribution in [0.2, 0.25) is 0 Å². The van der Waals surface area contributed by atoms with Crippen molar-refractivity contribution in [3.05, 3.63) is 95.6 Å². The lowest BCUT2D eigenvalue weighted by Gasteiger charge is -2.55. The summed E-state index contributed by atoms with van der Waals surface area (Å²) in [6.07, 6.45) is 6.49. The molecule has 4 fully saturated rings. The third-order valence-electron chi connectivity index (χ3n) is 11.1. The van der Waals surface area contributed by atoms with E-state index in [9.17, 15) is 14.4 Å². The summed E-state index contributed by atoms with van der Waals surface area (Å²) in [6.45, 7) is 1.76. The number of nitrogens with one attached hydrogen (secondary N) is 2. The summed E-state index contributed by atoms with van der Waals surface area (Å²) in [5.74, 6) is 1.24. The molecule has 224 valence electrons. The maximum atomic E-state index is 14.1. The number of hydrogen-bond donors (Lipinski definition) is 2. The van der Waals surface area contributed by atoms with Gasteiger partial charge in [-0.05, 0) is 86.5 Å². The van der Waals surface area contributed by atoms with E-state index in [1.54, 1.807) is 11.8 Å². The van der Waals surface area contributed by atoms with Crippen LogP contribution in [0.1, 0.15) is 73.0 Å². The van der Waals surface area contributed by atoms with Gasteiger partial charge in [-0.25, -0.2) is 0 Å². The third-order valence-corrected chi connectivity index (χ3v) is 11.1. The smallest absolute Gasteiger partial charge is 0.260 e. The fourth-order valence-electron chi connectivity index (χ4n) is 9.55. The molecule has 9 rings (SSSR count). The number of para-hydroxylation sites is 1. The first-order chi connectivity index (χ1) is 21.3. The Hall–Kier alpha value is -4.39. The highest BCUT2D eigenvalue weighted by Crippen LogP contribution is 2.60. The Morgan fingerprint density at radius 2 is 1.43 bits per heavy atom. The lowest BCUT2D eigenvalue weighted by molar-refractivity contribution is -0.149. The normalized spacial score (nSPS) is 27.4. The van der Waals surface area contributed by atoms with Gasteiger partial charge in [0.05, 0.1) is 17.2 Å². The van der Waals surface area contributed by atoms with Crippen molar-refractivity contribution < 1.29 is 14.4 Å². The molecule has 2 atom stereocenters. The van der Waals surface area contributed by atoms with Crippen molar-refractivity contribution in [2.75, 3.05) is 0 Å². The molecule has 4 aliphatic carbocycles. The first-order valence-electron chi connectivity index (χ1n) is 16.0. The SMILES string of the molecule is CC(C(=O)NNC(=O)C12CC3CC(CC(C3)C1)C2)N1C(=O)c2ccccc2C1c1c(-c2ccccc2)n(C)c2ccccc12. The lowest BCUT2D eigenvalue weighted by Crippen LogP contribution is -2.58. The van der Waals surface area contributed by atoms with Crippen molar-refractivity contribution in [2.24, 2.45) is 30.2 Å². The highest BCUT2D eigenvalue weighted by atomic mass is 16.2. The first kappa shape index (κ1) is 27.2. The van der Waals surface area contributed by atoms with Gasteiger partial charge in [0.15, 0.2) is 0 Å². The average molecular weight is 587 g/mol. The fourth-order valence-corrected chi connectivity index (χ4v) is 9.55. The van der Waals surface area contributed by atoms with Gasteiger partial charge in [0.25, 0.3) is 11.8 Å².